The van der Waals surface area contributed by atoms with Crippen molar-refractivity contribution in [2.24, 2.45) is 5.92 Å². The third kappa shape index (κ3) is 4.45. The molecule has 0 bridgehead atoms. The van der Waals surface area contributed by atoms with Crippen molar-refractivity contribution in [1.82, 2.24) is 10.2 Å². The van der Waals surface area contributed by atoms with Crippen molar-refractivity contribution in [2.75, 3.05) is 20.2 Å². The molecule has 7 nitrogen and oxygen atoms in total. The number of carboxylic acid groups (broad SMARTS) is 1. The van der Waals surface area contributed by atoms with Crippen LogP contribution in [0.25, 0.3) is 11.1 Å². The van der Waals surface area contributed by atoms with E-state index in [1.54, 1.807) is 13.8 Å². The Bertz CT molecular complexity index is 913. The first kappa shape index (κ1) is 21.4. The predicted octanol–water partition coefficient (Wildman–Crippen LogP) is 3.09. The van der Waals surface area contributed by atoms with Crippen LogP contribution in [0, 0.1) is 5.92 Å². The Hall–Kier alpha value is -3.35. The summed E-state index contributed by atoms with van der Waals surface area (Å²) >= 11 is 0. The van der Waals surface area contributed by atoms with E-state index in [1.807, 2.05) is 36.4 Å². The van der Waals surface area contributed by atoms with Gasteiger partial charge in [-0.3, -0.25) is 9.59 Å². The molecule has 0 fully saturated rings. The molecule has 2 unspecified atom stereocenters. The molecule has 0 heterocycles. The zero-order chi connectivity index (χ0) is 21.8. The summed E-state index contributed by atoms with van der Waals surface area (Å²) in [4.78, 5) is 36.6. The summed E-state index contributed by atoms with van der Waals surface area (Å²) in [5, 5.41) is 11.5. The van der Waals surface area contributed by atoms with E-state index in [1.165, 1.54) is 7.05 Å². The molecule has 2 aromatic rings. The van der Waals surface area contributed by atoms with Crippen LogP contribution in [-0.4, -0.2) is 54.2 Å². The van der Waals surface area contributed by atoms with Gasteiger partial charge in [0.25, 0.3) is 0 Å². The van der Waals surface area contributed by atoms with Crippen molar-refractivity contribution < 1.29 is 24.2 Å². The van der Waals surface area contributed by atoms with Crippen molar-refractivity contribution in [3.05, 3.63) is 59.7 Å². The molecule has 0 aliphatic heterocycles. The minimum atomic E-state index is -1.09. The van der Waals surface area contributed by atoms with Crippen LogP contribution in [0.2, 0.25) is 0 Å². The molecule has 0 spiro atoms. The molecule has 7 heteroatoms. The summed E-state index contributed by atoms with van der Waals surface area (Å²) < 4.78 is 5.50. The predicted molar refractivity (Wildman–Crippen MR) is 112 cm³/mol. The van der Waals surface area contributed by atoms with Gasteiger partial charge in [-0.15, -0.1) is 0 Å². The second-order valence-corrected chi connectivity index (χ2v) is 7.64. The van der Waals surface area contributed by atoms with E-state index < -0.39 is 24.0 Å². The van der Waals surface area contributed by atoms with E-state index in [4.69, 9.17) is 9.84 Å². The van der Waals surface area contributed by atoms with E-state index in [0.717, 1.165) is 27.2 Å². The Balaban J connectivity index is 1.60. The summed E-state index contributed by atoms with van der Waals surface area (Å²) in [6.07, 6.45) is -0.607. The number of fused-ring (bicyclic) bond motifs is 3. The lowest BCUT2D eigenvalue weighted by molar-refractivity contribution is -0.145. The first-order valence-corrected chi connectivity index (χ1v) is 9.88. The molecule has 1 aliphatic rings. The van der Waals surface area contributed by atoms with E-state index in [2.05, 4.69) is 17.4 Å². The summed E-state index contributed by atoms with van der Waals surface area (Å²) in [5.41, 5.74) is 4.55. The van der Waals surface area contributed by atoms with Crippen LogP contribution in [0.5, 0.6) is 0 Å². The van der Waals surface area contributed by atoms with Gasteiger partial charge in [0.05, 0.1) is 5.92 Å². The van der Waals surface area contributed by atoms with Crippen LogP contribution in [0.4, 0.5) is 4.79 Å². The molecule has 30 heavy (non-hydrogen) atoms. The molecule has 2 N–H and O–H groups in total. The fourth-order valence-electron chi connectivity index (χ4n) is 3.79. The number of benzene rings is 2. The van der Waals surface area contributed by atoms with Crippen LogP contribution >= 0.6 is 0 Å². The Labute approximate surface area is 175 Å². The Morgan fingerprint density at radius 3 is 2.10 bits per heavy atom. The van der Waals surface area contributed by atoms with Gasteiger partial charge in [0, 0.05) is 19.0 Å². The van der Waals surface area contributed by atoms with E-state index in [-0.39, 0.29) is 25.0 Å². The first-order valence-electron chi connectivity index (χ1n) is 9.88. The Kier molecular flexibility index (Phi) is 6.40. The van der Waals surface area contributed by atoms with Gasteiger partial charge < -0.3 is 20.1 Å². The highest BCUT2D eigenvalue weighted by molar-refractivity contribution is 5.83. The van der Waals surface area contributed by atoms with E-state index in [9.17, 15) is 14.4 Å². The van der Waals surface area contributed by atoms with Crippen LogP contribution in [0.3, 0.4) is 0 Å². The summed E-state index contributed by atoms with van der Waals surface area (Å²) in [6.45, 7) is 3.14. The zero-order valence-electron chi connectivity index (χ0n) is 17.3. The number of nitrogens with zero attached hydrogens (tertiary/aromatic N) is 1. The lowest BCUT2D eigenvalue weighted by atomic mass is 9.98. The van der Waals surface area contributed by atoms with E-state index in [0.29, 0.717) is 0 Å². The molecule has 0 aromatic heterocycles. The third-order valence-corrected chi connectivity index (χ3v) is 5.58. The van der Waals surface area contributed by atoms with Gasteiger partial charge in [0.2, 0.25) is 5.91 Å². The van der Waals surface area contributed by atoms with Gasteiger partial charge in [0.15, 0.2) is 0 Å². The van der Waals surface area contributed by atoms with Crippen LogP contribution < -0.4 is 5.32 Å². The molecule has 2 atom stereocenters. The molecule has 0 saturated heterocycles. The standard InChI is InChI=1S/C23H26N2O5/c1-14(22(28)25(3)12-21(26)27)15(2)24-23(29)30-13-20-18-10-6-4-8-16(18)17-9-5-7-11-19(17)20/h4-11,14-15,20H,12-13H2,1-3H3,(H,24,29)(H,26,27). The fraction of sp³-hybridized carbons (Fsp3) is 0.348. The van der Waals surface area contributed by atoms with Crippen LogP contribution in [-0.2, 0) is 14.3 Å². The second-order valence-electron chi connectivity index (χ2n) is 7.64. The molecule has 158 valence electrons. The number of carboxylic acids is 1. The average molecular weight is 410 g/mol. The number of carbonyl (C=O) groups is 3. The number of nitrogens with one attached hydrogen (secondary N) is 1. The summed E-state index contributed by atoms with van der Waals surface area (Å²) in [6, 6.07) is 15.6. The van der Waals surface area contributed by atoms with Crippen LogP contribution in [0.1, 0.15) is 30.9 Å². The monoisotopic (exact) mass is 410 g/mol. The molecule has 2 amide bonds. The lowest BCUT2D eigenvalue weighted by Crippen LogP contribution is -2.45. The molecule has 0 radical (unpaired) electrons. The molecule has 2 aromatic carbocycles. The second kappa shape index (κ2) is 8.98. The maximum atomic E-state index is 12.4. The number of alkyl carbamates (subject to hydrolysis) is 1. The highest BCUT2D eigenvalue weighted by Gasteiger charge is 2.30. The van der Waals surface area contributed by atoms with Crippen molar-refractivity contribution >= 4 is 18.0 Å². The number of carbonyl (C=O) groups excluding carboxylic acids is 2. The number of hydrogen-bond acceptors (Lipinski definition) is 4. The highest BCUT2D eigenvalue weighted by Crippen LogP contribution is 2.44. The number of amides is 2. The Morgan fingerprint density at radius 1 is 1.03 bits per heavy atom. The van der Waals surface area contributed by atoms with Crippen LogP contribution in [0.15, 0.2) is 48.5 Å². The maximum absolute atomic E-state index is 12.4. The highest BCUT2D eigenvalue weighted by atomic mass is 16.5. The normalized spacial score (nSPS) is 14.2. The molecular weight excluding hydrogens is 384 g/mol. The molecule has 0 saturated carbocycles. The van der Waals surface area contributed by atoms with Gasteiger partial charge in [-0.05, 0) is 29.2 Å². The lowest BCUT2D eigenvalue weighted by Gasteiger charge is -2.25. The molecular formula is C23H26N2O5. The van der Waals surface area contributed by atoms with Gasteiger partial charge in [-0.25, -0.2) is 4.79 Å². The van der Waals surface area contributed by atoms with E-state index >= 15 is 0 Å². The quantitative estimate of drug-likeness (QED) is 0.731. The number of likely N-dealkylation sites (N-methyl/N-ethyl adjacent to an activating group) is 1. The molecule has 1 aliphatic carbocycles. The largest absolute Gasteiger partial charge is 0.480 e. The van der Waals surface area contributed by atoms with Crippen molar-refractivity contribution in [2.45, 2.75) is 25.8 Å². The summed E-state index contributed by atoms with van der Waals surface area (Å²) in [7, 11) is 1.42. The summed E-state index contributed by atoms with van der Waals surface area (Å²) in [5.74, 6) is -2.08. The molecule has 3 rings (SSSR count). The van der Waals surface area contributed by atoms with Gasteiger partial charge >= 0.3 is 12.1 Å². The topological polar surface area (TPSA) is 95.9 Å². The van der Waals surface area contributed by atoms with Crippen molar-refractivity contribution in [3.8, 4) is 11.1 Å². The Morgan fingerprint density at radius 2 is 1.57 bits per heavy atom. The number of rotatable bonds is 7. The van der Waals surface area contributed by atoms with Gasteiger partial charge in [-0.1, -0.05) is 55.5 Å². The number of aliphatic carboxylic acids is 1. The minimum absolute atomic E-state index is 0.0424. The number of hydrogen-bond donors (Lipinski definition) is 2. The average Bonchev–Trinajstić information content (AvgIpc) is 3.04. The van der Waals surface area contributed by atoms with Crippen molar-refractivity contribution in [1.29, 1.82) is 0 Å². The number of ether oxygens (including phenoxy) is 1. The van der Waals surface area contributed by atoms with Crippen molar-refractivity contribution in [3.63, 3.8) is 0 Å². The van der Waals surface area contributed by atoms with Gasteiger partial charge in [0.1, 0.15) is 13.2 Å². The smallest absolute Gasteiger partial charge is 0.407 e. The van der Waals surface area contributed by atoms with Gasteiger partial charge in [-0.2, -0.15) is 0 Å². The SMILES string of the molecule is CC(NC(=O)OCC1c2ccccc2-c2ccccc21)C(C)C(=O)N(C)CC(=O)O. The minimum Gasteiger partial charge on any atom is -0.480 e. The zero-order valence-corrected chi connectivity index (χ0v) is 17.3. The fourth-order valence-corrected chi connectivity index (χ4v) is 3.79. The first-order chi connectivity index (χ1) is 14.3. The third-order valence-electron chi connectivity index (χ3n) is 5.58. The maximum Gasteiger partial charge on any atom is 0.407 e.